The van der Waals surface area contributed by atoms with Crippen molar-refractivity contribution in [2.75, 3.05) is 26.6 Å². The summed E-state index contributed by atoms with van der Waals surface area (Å²) in [6.45, 7) is 14.3. The summed E-state index contributed by atoms with van der Waals surface area (Å²) in [4.78, 5) is 12.0. The summed E-state index contributed by atoms with van der Waals surface area (Å²) in [7, 11) is 3.45. The van der Waals surface area contributed by atoms with Crippen LogP contribution in [0.15, 0.2) is 42.5 Å². The zero-order valence-corrected chi connectivity index (χ0v) is 21.7. The normalized spacial score (nSPS) is 12.2. The highest BCUT2D eigenvalue weighted by molar-refractivity contribution is 6.49. The molecule has 8 heteroatoms. The summed E-state index contributed by atoms with van der Waals surface area (Å²) in [6, 6.07) is 8.50. The van der Waals surface area contributed by atoms with Gasteiger partial charge in [-0.25, -0.2) is 4.79 Å². The monoisotopic (exact) mass is 472 g/mol. The lowest BCUT2D eigenvalue weighted by Crippen LogP contribution is -2.24. The lowest BCUT2D eigenvalue weighted by atomic mass is 9.83. The van der Waals surface area contributed by atoms with Gasteiger partial charge in [-0.05, 0) is 24.1 Å². The first-order chi connectivity index (χ1) is 15.4. The van der Waals surface area contributed by atoms with Crippen LogP contribution in [0.3, 0.4) is 0 Å². The molecule has 0 saturated carbocycles. The zero-order chi connectivity index (χ0) is 24.9. The number of methoxy groups -OCH3 is 3. The van der Waals surface area contributed by atoms with Gasteiger partial charge in [0, 0.05) is 23.4 Å². The Morgan fingerprint density at radius 2 is 1.61 bits per heavy atom. The van der Waals surface area contributed by atoms with Crippen LogP contribution in [0.4, 0.5) is 5.69 Å². The summed E-state index contributed by atoms with van der Waals surface area (Å²) < 4.78 is 22.6. The molecule has 0 amide bonds. The number of ether oxygens (including phenoxy) is 3. The van der Waals surface area contributed by atoms with Crippen molar-refractivity contribution < 1.29 is 28.5 Å². The molecule has 1 atom stereocenters. The number of nitrogens with one attached hydrogen (secondary N) is 1. The minimum Gasteiger partial charge on any atom is -0.542 e. The molecule has 0 aliphatic heterocycles. The molecule has 0 aromatic heterocycles. The molecule has 0 bridgehead atoms. The predicted molar refractivity (Wildman–Crippen MR) is 132 cm³/mol. The minimum atomic E-state index is -1.13. The highest BCUT2D eigenvalue weighted by atomic mass is 28.3. The molecule has 0 aliphatic carbocycles. The minimum absolute atomic E-state index is 0.0133. The first kappa shape index (κ1) is 26.1. The molecule has 1 radical (unpaired) electrons. The second kappa shape index (κ2) is 10.7. The zero-order valence-electron chi connectivity index (χ0n) is 20.7. The predicted octanol–water partition coefficient (Wildman–Crippen LogP) is 5.43. The summed E-state index contributed by atoms with van der Waals surface area (Å²) in [5, 5.41) is 13.1. The second-order valence-corrected chi connectivity index (χ2v) is 10.8. The first-order valence-corrected chi connectivity index (χ1v) is 12.9. The molecule has 33 heavy (non-hydrogen) atoms. The van der Waals surface area contributed by atoms with Crippen LogP contribution in [-0.2, 0) is 10.2 Å². The Morgan fingerprint density at radius 3 is 2.03 bits per heavy atom. The Morgan fingerprint density at radius 1 is 1.03 bits per heavy atom. The number of hydrogen-bond donors (Lipinski definition) is 2. The van der Waals surface area contributed by atoms with Gasteiger partial charge in [0.05, 0.1) is 32.9 Å². The first-order valence-electron chi connectivity index (χ1n) is 10.5. The molecule has 0 aliphatic rings. The number of rotatable bonds is 10. The molecule has 0 fully saturated rings. The molecule has 0 spiro atoms. The number of para-hydroxylation sites is 1. The summed E-state index contributed by atoms with van der Waals surface area (Å²) in [5.41, 5.74) is 2.07. The van der Waals surface area contributed by atoms with Crippen molar-refractivity contribution in [2.45, 2.75) is 45.3 Å². The number of anilines is 1. The van der Waals surface area contributed by atoms with Crippen LogP contribution in [0, 0.1) is 0 Å². The fourth-order valence-corrected chi connectivity index (χ4v) is 4.13. The molecule has 0 saturated heterocycles. The van der Waals surface area contributed by atoms with Gasteiger partial charge < -0.3 is 29.1 Å². The average Bonchev–Trinajstić information content (AvgIpc) is 2.75. The molecule has 2 N–H and O–H groups in total. The van der Waals surface area contributed by atoms with E-state index in [1.54, 1.807) is 12.1 Å². The molecule has 7 nitrogen and oxygen atoms in total. The van der Waals surface area contributed by atoms with Gasteiger partial charge in [-0.1, -0.05) is 45.5 Å². The smallest absolute Gasteiger partial charge is 0.333 e. The van der Waals surface area contributed by atoms with Crippen LogP contribution >= 0.6 is 0 Å². The molecular weight excluding hydrogens is 438 g/mol. The van der Waals surface area contributed by atoms with E-state index in [2.05, 4.69) is 32.7 Å². The van der Waals surface area contributed by atoms with Crippen molar-refractivity contribution in [1.29, 1.82) is 0 Å². The van der Waals surface area contributed by atoms with E-state index >= 15 is 0 Å². The van der Waals surface area contributed by atoms with Crippen molar-refractivity contribution in [3.8, 4) is 23.0 Å². The van der Waals surface area contributed by atoms with E-state index in [9.17, 15) is 9.90 Å². The largest absolute Gasteiger partial charge is 0.542 e. The molecule has 2 rings (SSSR count). The third kappa shape index (κ3) is 6.01. The Bertz CT molecular complexity index is 987. The van der Waals surface area contributed by atoms with E-state index in [0.717, 1.165) is 5.56 Å². The maximum atomic E-state index is 12.0. The molecule has 0 heterocycles. The van der Waals surface area contributed by atoms with Crippen LogP contribution < -0.4 is 24.0 Å². The van der Waals surface area contributed by atoms with Gasteiger partial charge in [-0.3, -0.25) is 0 Å². The summed E-state index contributed by atoms with van der Waals surface area (Å²) >= 11 is 0. The van der Waals surface area contributed by atoms with Crippen LogP contribution in [0.1, 0.15) is 37.9 Å². The fraction of sp³-hybridized carbons (Fsp3) is 0.400. The van der Waals surface area contributed by atoms with Crippen LogP contribution in [0.25, 0.3) is 0 Å². The highest BCUT2D eigenvalue weighted by Crippen LogP contribution is 2.43. The van der Waals surface area contributed by atoms with E-state index in [0.29, 0.717) is 34.2 Å². The van der Waals surface area contributed by atoms with E-state index in [1.165, 1.54) is 21.3 Å². The number of carbonyl (C=O) groups is 1. The summed E-state index contributed by atoms with van der Waals surface area (Å²) in [6.07, 6.45) is 0. The van der Waals surface area contributed by atoms with Crippen LogP contribution in [0.5, 0.6) is 23.0 Å². The summed E-state index contributed by atoms with van der Waals surface area (Å²) in [5.74, 6) is 0.932. The lowest BCUT2D eigenvalue weighted by molar-refractivity contribution is -0.132. The second-order valence-electron chi connectivity index (χ2n) is 8.81. The lowest BCUT2D eigenvalue weighted by Gasteiger charge is -2.30. The van der Waals surface area contributed by atoms with Crippen LogP contribution in [-0.4, -0.2) is 41.4 Å². The van der Waals surface area contributed by atoms with E-state index in [4.69, 9.17) is 18.6 Å². The molecular formula is C25H34NO6Si. The van der Waals surface area contributed by atoms with Crippen molar-refractivity contribution in [1.82, 2.24) is 0 Å². The number of benzene rings is 2. The topological polar surface area (TPSA) is 86.3 Å². The van der Waals surface area contributed by atoms with Crippen LogP contribution in [0.2, 0.25) is 13.1 Å². The van der Waals surface area contributed by atoms with Gasteiger partial charge in [0.15, 0.2) is 11.5 Å². The van der Waals surface area contributed by atoms with Crippen molar-refractivity contribution in [3.05, 3.63) is 53.6 Å². The molecule has 2 aromatic rings. The Hall–Kier alpha value is -3.13. The Labute approximate surface area is 198 Å². The van der Waals surface area contributed by atoms with E-state index in [-0.39, 0.29) is 11.0 Å². The molecule has 179 valence electrons. The average molecular weight is 473 g/mol. The van der Waals surface area contributed by atoms with Gasteiger partial charge in [-0.15, -0.1) is 0 Å². The molecule has 2 aromatic carbocycles. The van der Waals surface area contributed by atoms with Crippen molar-refractivity contribution >= 4 is 20.7 Å². The number of carboxylic acid groups (broad SMARTS) is 1. The Balaban J connectivity index is 2.71. The van der Waals surface area contributed by atoms with Crippen molar-refractivity contribution in [3.63, 3.8) is 0 Å². The SMILES string of the molecule is C=C(C(=O)O)C(Nc1cc(OC)c(OC)c(OC)c1)c1cccc(C(C)(C)C)c1O[Si](C)C. The number of aliphatic carboxylic acids is 1. The van der Waals surface area contributed by atoms with Gasteiger partial charge in [0.2, 0.25) is 5.75 Å². The number of hydrogen-bond acceptors (Lipinski definition) is 6. The van der Waals surface area contributed by atoms with Gasteiger partial charge in [0.25, 0.3) is 9.04 Å². The maximum absolute atomic E-state index is 12.0. The Kier molecular flexibility index (Phi) is 8.43. The third-order valence-corrected chi connectivity index (χ3v) is 5.68. The standard InChI is InChI=1S/C25H34NO6Si/c1-15(24(27)28)21(26-16-13-19(29-5)23(31-7)20(14-16)30-6)17-11-10-12-18(25(2,3)4)22(17)32-33(8)9/h10-14,21,26H,1H2,2-9H3,(H,27,28). The fourth-order valence-electron chi connectivity index (χ4n) is 3.50. The van der Waals surface area contributed by atoms with Gasteiger partial charge in [0.1, 0.15) is 5.75 Å². The van der Waals surface area contributed by atoms with E-state index in [1.807, 2.05) is 31.3 Å². The number of carboxylic acids is 1. The maximum Gasteiger partial charge on any atom is 0.333 e. The quantitative estimate of drug-likeness (QED) is 0.352. The van der Waals surface area contributed by atoms with Gasteiger partial charge >= 0.3 is 5.97 Å². The van der Waals surface area contributed by atoms with Gasteiger partial charge in [-0.2, -0.15) is 0 Å². The van der Waals surface area contributed by atoms with Crippen molar-refractivity contribution in [2.24, 2.45) is 0 Å². The highest BCUT2D eigenvalue weighted by Gasteiger charge is 2.29. The molecule has 1 unspecified atom stereocenters. The van der Waals surface area contributed by atoms with E-state index < -0.39 is 21.1 Å². The third-order valence-electron chi connectivity index (χ3n) is 5.07.